The predicted molar refractivity (Wildman–Crippen MR) is 96.4 cm³/mol. The molecule has 0 atom stereocenters. The van der Waals surface area contributed by atoms with E-state index < -0.39 is 5.97 Å². The lowest BCUT2D eigenvalue weighted by atomic mass is 10.1. The molecule has 1 aromatic carbocycles. The summed E-state index contributed by atoms with van der Waals surface area (Å²) in [5.41, 5.74) is 3.20. The van der Waals surface area contributed by atoms with Gasteiger partial charge in [0, 0.05) is 11.8 Å². The molecule has 138 valence electrons. The minimum Gasteiger partial charge on any atom is -0.488 e. The fourth-order valence-corrected chi connectivity index (χ4v) is 2.51. The molecule has 26 heavy (non-hydrogen) atoms. The quantitative estimate of drug-likeness (QED) is 0.708. The van der Waals surface area contributed by atoms with E-state index in [1.54, 1.807) is 30.3 Å². The number of benzene rings is 1. The van der Waals surface area contributed by atoms with Crippen molar-refractivity contribution in [2.75, 3.05) is 14.2 Å². The van der Waals surface area contributed by atoms with Crippen molar-refractivity contribution >= 4 is 11.9 Å². The number of pyridine rings is 1. The van der Waals surface area contributed by atoms with Crippen LogP contribution in [0, 0.1) is 0 Å². The van der Waals surface area contributed by atoms with Gasteiger partial charge in [-0.25, -0.2) is 9.59 Å². The SMILES string of the molecule is CCc1cc(OCc2ccc(C(=O)OC)cc2)c(C(=O)OC)c(CC)n1. The molecule has 0 aliphatic carbocycles. The lowest BCUT2D eigenvalue weighted by Gasteiger charge is -2.15. The summed E-state index contributed by atoms with van der Waals surface area (Å²) in [6.45, 7) is 4.18. The first-order valence-corrected chi connectivity index (χ1v) is 8.45. The number of aromatic nitrogens is 1. The summed E-state index contributed by atoms with van der Waals surface area (Å²) in [4.78, 5) is 28.2. The van der Waals surface area contributed by atoms with Gasteiger partial charge in [-0.15, -0.1) is 0 Å². The Balaban J connectivity index is 2.27. The van der Waals surface area contributed by atoms with E-state index in [1.165, 1.54) is 14.2 Å². The Morgan fingerprint density at radius 1 is 0.962 bits per heavy atom. The highest BCUT2D eigenvalue weighted by Crippen LogP contribution is 2.25. The summed E-state index contributed by atoms with van der Waals surface area (Å²) in [5, 5.41) is 0. The molecule has 0 amide bonds. The maximum atomic E-state index is 12.2. The molecule has 2 rings (SSSR count). The number of carbonyl (C=O) groups excluding carboxylic acids is 2. The number of ether oxygens (including phenoxy) is 3. The van der Waals surface area contributed by atoms with Crippen LogP contribution in [0.3, 0.4) is 0 Å². The molecule has 0 N–H and O–H groups in total. The fourth-order valence-electron chi connectivity index (χ4n) is 2.51. The van der Waals surface area contributed by atoms with Crippen LogP contribution in [-0.4, -0.2) is 31.1 Å². The molecule has 2 aromatic rings. The summed E-state index contributed by atoms with van der Waals surface area (Å²) < 4.78 is 15.5. The van der Waals surface area contributed by atoms with Crippen molar-refractivity contribution in [3.63, 3.8) is 0 Å². The summed E-state index contributed by atoms with van der Waals surface area (Å²) in [6.07, 6.45) is 1.33. The van der Waals surface area contributed by atoms with Crippen LogP contribution in [0.5, 0.6) is 5.75 Å². The topological polar surface area (TPSA) is 74.7 Å². The van der Waals surface area contributed by atoms with Crippen molar-refractivity contribution in [3.8, 4) is 5.75 Å². The Morgan fingerprint density at radius 3 is 2.15 bits per heavy atom. The summed E-state index contributed by atoms with van der Waals surface area (Å²) in [5.74, 6) is -0.398. The first-order valence-electron chi connectivity index (χ1n) is 8.45. The second-order valence-electron chi connectivity index (χ2n) is 5.61. The number of esters is 2. The van der Waals surface area contributed by atoms with E-state index in [2.05, 4.69) is 9.72 Å². The molecule has 0 spiro atoms. The van der Waals surface area contributed by atoms with E-state index in [-0.39, 0.29) is 12.6 Å². The van der Waals surface area contributed by atoms with E-state index >= 15 is 0 Å². The van der Waals surface area contributed by atoms with Crippen LogP contribution in [-0.2, 0) is 28.9 Å². The Kier molecular flexibility index (Phi) is 6.72. The first kappa shape index (κ1) is 19.4. The van der Waals surface area contributed by atoms with Crippen molar-refractivity contribution in [2.45, 2.75) is 33.3 Å². The maximum absolute atomic E-state index is 12.2. The van der Waals surface area contributed by atoms with Gasteiger partial charge in [0.1, 0.15) is 17.9 Å². The number of hydrogen-bond donors (Lipinski definition) is 0. The lowest BCUT2D eigenvalue weighted by Crippen LogP contribution is -2.12. The molecule has 1 heterocycles. The van der Waals surface area contributed by atoms with E-state index in [9.17, 15) is 9.59 Å². The molecule has 0 radical (unpaired) electrons. The lowest BCUT2D eigenvalue weighted by molar-refractivity contribution is 0.0586. The third-order valence-electron chi connectivity index (χ3n) is 3.97. The molecule has 0 fully saturated rings. The molecule has 0 bridgehead atoms. The molecule has 0 unspecified atom stereocenters. The molecule has 6 nitrogen and oxygen atoms in total. The highest BCUT2D eigenvalue weighted by atomic mass is 16.5. The van der Waals surface area contributed by atoms with E-state index in [0.717, 1.165) is 17.7 Å². The second kappa shape index (κ2) is 8.99. The highest BCUT2D eigenvalue weighted by molar-refractivity contribution is 5.93. The molecular weight excluding hydrogens is 334 g/mol. The molecule has 1 aromatic heterocycles. The number of aryl methyl sites for hydroxylation is 2. The van der Waals surface area contributed by atoms with Gasteiger partial charge in [-0.2, -0.15) is 0 Å². The largest absolute Gasteiger partial charge is 0.488 e. The minimum atomic E-state index is -0.465. The minimum absolute atomic E-state index is 0.252. The monoisotopic (exact) mass is 357 g/mol. The predicted octanol–water partition coefficient (Wildman–Crippen LogP) is 3.36. The summed E-state index contributed by atoms with van der Waals surface area (Å²) >= 11 is 0. The average molecular weight is 357 g/mol. The van der Waals surface area contributed by atoms with E-state index in [4.69, 9.17) is 9.47 Å². The normalized spacial score (nSPS) is 10.3. The molecule has 0 saturated heterocycles. The zero-order chi connectivity index (χ0) is 19.1. The van der Waals surface area contributed by atoms with Gasteiger partial charge >= 0.3 is 11.9 Å². The number of rotatable bonds is 7. The van der Waals surface area contributed by atoms with Gasteiger partial charge in [-0.1, -0.05) is 26.0 Å². The Labute approximate surface area is 153 Å². The van der Waals surface area contributed by atoms with Crippen LogP contribution in [0.15, 0.2) is 30.3 Å². The highest BCUT2D eigenvalue weighted by Gasteiger charge is 2.20. The zero-order valence-electron chi connectivity index (χ0n) is 15.5. The summed E-state index contributed by atoms with van der Waals surface area (Å²) in [6, 6.07) is 8.69. The van der Waals surface area contributed by atoms with Crippen LogP contribution >= 0.6 is 0 Å². The molecular formula is C20H23NO5. The van der Waals surface area contributed by atoms with Gasteiger partial charge in [-0.3, -0.25) is 4.98 Å². The van der Waals surface area contributed by atoms with E-state index in [0.29, 0.717) is 29.0 Å². The van der Waals surface area contributed by atoms with Crippen LogP contribution in [0.4, 0.5) is 0 Å². The third-order valence-corrected chi connectivity index (χ3v) is 3.97. The zero-order valence-corrected chi connectivity index (χ0v) is 15.5. The molecule has 0 aliphatic rings. The van der Waals surface area contributed by atoms with Gasteiger partial charge in [-0.05, 0) is 30.5 Å². The smallest absolute Gasteiger partial charge is 0.343 e. The van der Waals surface area contributed by atoms with Crippen molar-refractivity contribution in [3.05, 3.63) is 58.4 Å². The van der Waals surface area contributed by atoms with Crippen LogP contribution in [0.25, 0.3) is 0 Å². The van der Waals surface area contributed by atoms with Crippen molar-refractivity contribution < 1.29 is 23.8 Å². The molecule has 0 saturated carbocycles. The van der Waals surface area contributed by atoms with Gasteiger partial charge in [0.2, 0.25) is 0 Å². The third kappa shape index (κ3) is 4.39. The fraction of sp³-hybridized carbons (Fsp3) is 0.350. The molecule has 6 heteroatoms. The molecule has 0 aliphatic heterocycles. The van der Waals surface area contributed by atoms with Crippen molar-refractivity contribution in [2.24, 2.45) is 0 Å². The average Bonchev–Trinajstić information content (AvgIpc) is 2.70. The maximum Gasteiger partial charge on any atom is 0.343 e. The number of methoxy groups -OCH3 is 2. The number of hydrogen-bond acceptors (Lipinski definition) is 6. The van der Waals surface area contributed by atoms with Crippen LogP contribution in [0.2, 0.25) is 0 Å². The van der Waals surface area contributed by atoms with Gasteiger partial charge in [0.05, 0.1) is 25.5 Å². The van der Waals surface area contributed by atoms with Gasteiger partial charge in [0.15, 0.2) is 0 Å². The Bertz CT molecular complexity index is 784. The van der Waals surface area contributed by atoms with E-state index in [1.807, 2.05) is 13.8 Å². The summed E-state index contributed by atoms with van der Waals surface area (Å²) in [7, 11) is 2.68. The second-order valence-corrected chi connectivity index (χ2v) is 5.61. The van der Waals surface area contributed by atoms with Gasteiger partial charge in [0.25, 0.3) is 0 Å². The van der Waals surface area contributed by atoms with Gasteiger partial charge < -0.3 is 14.2 Å². The Morgan fingerprint density at radius 2 is 1.62 bits per heavy atom. The van der Waals surface area contributed by atoms with Crippen molar-refractivity contribution in [1.82, 2.24) is 4.98 Å². The first-order chi connectivity index (χ1) is 12.5. The Hall–Kier alpha value is -2.89. The van der Waals surface area contributed by atoms with Crippen LogP contribution < -0.4 is 4.74 Å². The standard InChI is InChI=1S/C20H23NO5/c1-5-15-11-17(18(20(23)25-4)16(6-2)21-15)26-12-13-7-9-14(10-8-13)19(22)24-3/h7-11H,5-6,12H2,1-4H3. The van der Waals surface area contributed by atoms with Crippen molar-refractivity contribution in [1.29, 1.82) is 0 Å². The number of nitrogens with zero attached hydrogens (tertiary/aromatic N) is 1. The number of carbonyl (C=O) groups is 2. The van der Waals surface area contributed by atoms with Crippen LogP contribution in [0.1, 0.15) is 51.5 Å².